The monoisotopic (exact) mass is 654 g/mol. The van der Waals surface area contributed by atoms with Crippen LogP contribution in [0.3, 0.4) is 0 Å². The fourth-order valence-corrected chi connectivity index (χ4v) is 6.26. The Kier molecular flexibility index (Phi) is 7.64. The van der Waals surface area contributed by atoms with E-state index in [0.29, 0.717) is 33.6 Å². The molecule has 1 aromatic heterocycles. The number of hydrogen-bond donors (Lipinski definition) is 0. The first-order chi connectivity index (χ1) is 22.0. The fourth-order valence-electron chi connectivity index (χ4n) is 6.26. The van der Waals surface area contributed by atoms with E-state index >= 15 is 8.78 Å². The van der Waals surface area contributed by atoms with Gasteiger partial charge in [0, 0.05) is 18.7 Å². The van der Waals surface area contributed by atoms with Gasteiger partial charge in [0.2, 0.25) is 0 Å². The van der Waals surface area contributed by atoms with E-state index in [4.69, 9.17) is 9.47 Å². The molecule has 47 heavy (non-hydrogen) atoms. The lowest BCUT2D eigenvalue weighted by atomic mass is 9.86. The van der Waals surface area contributed by atoms with Crippen molar-refractivity contribution in [3.8, 4) is 28.1 Å². The number of esters is 1. The number of alkyl halides is 5. The van der Waals surface area contributed by atoms with Crippen molar-refractivity contribution in [2.75, 3.05) is 20.2 Å². The molecule has 1 aliphatic heterocycles. The van der Waals surface area contributed by atoms with Crippen molar-refractivity contribution in [3.63, 3.8) is 0 Å². The maximum Gasteiger partial charge on any atom is 0.416 e. The smallest absolute Gasteiger partial charge is 0.416 e. The van der Waals surface area contributed by atoms with Crippen molar-refractivity contribution in [1.29, 1.82) is 0 Å². The van der Waals surface area contributed by atoms with Gasteiger partial charge in [-0.3, -0.25) is 0 Å². The van der Waals surface area contributed by atoms with Gasteiger partial charge in [-0.05, 0) is 74.2 Å². The van der Waals surface area contributed by atoms with E-state index < -0.39 is 46.7 Å². The Morgan fingerprint density at radius 1 is 0.915 bits per heavy atom. The van der Waals surface area contributed by atoms with E-state index in [-0.39, 0.29) is 25.1 Å². The summed E-state index contributed by atoms with van der Waals surface area (Å²) < 4.78 is 81.4. The molecule has 1 amide bonds. The van der Waals surface area contributed by atoms with Crippen molar-refractivity contribution in [1.82, 2.24) is 19.9 Å². The highest BCUT2D eigenvalue weighted by Crippen LogP contribution is 2.70. The number of fused-ring (bicyclic) bond motifs is 1. The van der Waals surface area contributed by atoms with Gasteiger partial charge < -0.3 is 14.4 Å². The lowest BCUT2D eigenvalue weighted by molar-refractivity contribution is -0.137. The van der Waals surface area contributed by atoms with E-state index in [1.807, 2.05) is 0 Å². The number of amides is 1. The van der Waals surface area contributed by atoms with Crippen LogP contribution in [0.2, 0.25) is 0 Å². The molecule has 13 heteroatoms. The van der Waals surface area contributed by atoms with Gasteiger partial charge in [0.1, 0.15) is 11.3 Å². The largest absolute Gasteiger partial charge is 0.465 e. The van der Waals surface area contributed by atoms with Gasteiger partial charge in [0.25, 0.3) is 5.92 Å². The Balaban J connectivity index is 1.27. The highest BCUT2D eigenvalue weighted by Gasteiger charge is 2.82. The minimum atomic E-state index is -4.47. The molecule has 0 radical (unpaired) electrons. The van der Waals surface area contributed by atoms with Gasteiger partial charge in [-0.1, -0.05) is 41.6 Å². The van der Waals surface area contributed by atoms with Gasteiger partial charge >= 0.3 is 18.2 Å². The molecule has 0 N–H and O–H groups in total. The zero-order valence-electron chi connectivity index (χ0n) is 25.9. The molecule has 1 saturated carbocycles. The highest BCUT2D eigenvalue weighted by molar-refractivity contribution is 5.92. The normalized spacial score (nSPS) is 20.4. The van der Waals surface area contributed by atoms with E-state index in [9.17, 15) is 22.8 Å². The Morgan fingerprint density at radius 2 is 1.57 bits per heavy atom. The predicted molar refractivity (Wildman–Crippen MR) is 161 cm³/mol. The third-order valence-corrected chi connectivity index (χ3v) is 8.71. The summed E-state index contributed by atoms with van der Waals surface area (Å²) in [6.07, 6.45) is -3.48. The molecular weight excluding hydrogens is 623 g/mol. The molecule has 0 bridgehead atoms. The van der Waals surface area contributed by atoms with Crippen LogP contribution in [0, 0.1) is 5.92 Å². The number of carbonyl (C=O) groups excluding carboxylic acids is 2. The quantitative estimate of drug-likeness (QED) is 0.163. The number of likely N-dealkylation sites (tertiary alicyclic amines) is 1. The van der Waals surface area contributed by atoms with Crippen molar-refractivity contribution < 1.29 is 41.0 Å². The average Bonchev–Trinajstić information content (AvgIpc) is 3.30. The second-order valence-electron chi connectivity index (χ2n) is 12.8. The van der Waals surface area contributed by atoms with Gasteiger partial charge in [-0.2, -0.15) is 13.2 Å². The second-order valence-corrected chi connectivity index (χ2v) is 12.8. The number of nitrogens with zero attached hydrogens (tertiary/aromatic N) is 4. The molecule has 1 aliphatic carbocycles. The predicted octanol–water partition coefficient (Wildman–Crippen LogP) is 7.55. The van der Waals surface area contributed by atoms with Gasteiger partial charge in [0.05, 0.1) is 41.5 Å². The first kappa shape index (κ1) is 32.1. The van der Waals surface area contributed by atoms with E-state index in [1.165, 1.54) is 41.1 Å². The molecule has 246 valence electrons. The van der Waals surface area contributed by atoms with Gasteiger partial charge in [-0.25, -0.2) is 23.1 Å². The summed E-state index contributed by atoms with van der Waals surface area (Å²) in [6.45, 7) is 5.20. The zero-order chi connectivity index (χ0) is 33.9. The molecule has 8 nitrogen and oxygen atoms in total. The lowest BCUT2D eigenvalue weighted by Crippen LogP contribution is -2.43. The van der Waals surface area contributed by atoms with Crippen molar-refractivity contribution in [2.45, 2.75) is 50.3 Å². The van der Waals surface area contributed by atoms with Crippen LogP contribution in [0.4, 0.5) is 26.7 Å². The van der Waals surface area contributed by atoms with E-state index in [0.717, 1.165) is 12.1 Å². The number of carbonyl (C=O) groups is 2. The van der Waals surface area contributed by atoms with E-state index in [1.54, 1.807) is 57.2 Å². The van der Waals surface area contributed by atoms with Crippen LogP contribution in [0.15, 0.2) is 72.9 Å². The number of aromatic nitrogens is 3. The third-order valence-electron chi connectivity index (χ3n) is 8.71. The summed E-state index contributed by atoms with van der Waals surface area (Å²) in [5.74, 6) is -4.66. The Bertz CT molecular complexity index is 1830. The Morgan fingerprint density at radius 3 is 2.17 bits per heavy atom. The van der Waals surface area contributed by atoms with Crippen LogP contribution in [0.1, 0.15) is 48.7 Å². The number of methoxy groups -OCH3 is 1. The third kappa shape index (κ3) is 5.83. The van der Waals surface area contributed by atoms with Crippen LogP contribution in [0.25, 0.3) is 28.1 Å². The summed E-state index contributed by atoms with van der Waals surface area (Å²) >= 11 is 0. The van der Waals surface area contributed by atoms with Crippen molar-refractivity contribution in [2.24, 2.45) is 5.92 Å². The summed E-state index contributed by atoms with van der Waals surface area (Å²) in [4.78, 5) is 26.5. The zero-order valence-corrected chi connectivity index (χ0v) is 25.9. The standard InChI is InChI=1S/C34H31F5N4O4/c1-31(2,3)47-30(45)42-14-13-32(28(19-42)33(32,35)36)24-9-5-20(6-10-24)22-15-23(29(44)46-4)17-26(16-22)43-18-27(40-41-43)21-7-11-25(12-8-21)34(37,38)39/h5-12,15-18,28H,13-14,19H2,1-4H3. The summed E-state index contributed by atoms with van der Waals surface area (Å²) in [5.41, 5.74) is 0.0742. The molecule has 4 aromatic rings. The number of hydrogen-bond acceptors (Lipinski definition) is 6. The molecule has 6 rings (SSSR count). The molecule has 3 aromatic carbocycles. The topological polar surface area (TPSA) is 86.5 Å². The van der Waals surface area contributed by atoms with Crippen molar-refractivity contribution in [3.05, 3.63) is 89.6 Å². The number of piperidine rings is 1. The molecule has 0 spiro atoms. The van der Waals surface area contributed by atoms with E-state index in [2.05, 4.69) is 10.3 Å². The molecule has 1 saturated heterocycles. The Hall–Kier alpha value is -4.81. The summed E-state index contributed by atoms with van der Waals surface area (Å²) in [7, 11) is 1.24. The number of halogens is 5. The summed E-state index contributed by atoms with van der Waals surface area (Å²) in [5, 5.41) is 8.20. The maximum atomic E-state index is 15.4. The minimum absolute atomic E-state index is 0.0821. The number of rotatable bonds is 5. The SMILES string of the molecule is COC(=O)c1cc(-c2ccc(C34CCN(C(=O)OC(C)(C)C)CC3C4(F)F)cc2)cc(-n2cc(-c3ccc(C(F)(F)F)cc3)nn2)c1. The molecule has 2 unspecified atom stereocenters. The maximum absolute atomic E-state index is 15.4. The first-order valence-corrected chi connectivity index (χ1v) is 14.8. The fraction of sp³-hybridized carbons (Fsp3) is 0.353. The van der Waals surface area contributed by atoms with Crippen LogP contribution in [0.5, 0.6) is 0 Å². The molecular formula is C34H31F5N4O4. The van der Waals surface area contributed by atoms with Gasteiger partial charge in [-0.15, -0.1) is 5.10 Å². The second kappa shape index (κ2) is 11.2. The minimum Gasteiger partial charge on any atom is -0.465 e. The van der Waals surface area contributed by atoms with Crippen molar-refractivity contribution >= 4 is 12.1 Å². The number of benzene rings is 3. The summed E-state index contributed by atoms with van der Waals surface area (Å²) in [6, 6.07) is 16.0. The molecule has 2 heterocycles. The first-order valence-electron chi connectivity index (χ1n) is 14.8. The molecule has 2 fully saturated rings. The lowest BCUT2D eigenvalue weighted by Gasteiger charge is -2.32. The van der Waals surface area contributed by atoms with Crippen LogP contribution >= 0.6 is 0 Å². The average molecular weight is 655 g/mol. The highest BCUT2D eigenvalue weighted by atomic mass is 19.4. The van der Waals surface area contributed by atoms with Crippen LogP contribution < -0.4 is 0 Å². The molecule has 2 aliphatic rings. The van der Waals surface area contributed by atoms with Crippen LogP contribution in [-0.4, -0.2) is 63.7 Å². The molecule has 2 atom stereocenters. The van der Waals surface area contributed by atoms with Gasteiger partial charge in [0.15, 0.2) is 0 Å². The Labute approximate surface area is 267 Å². The van der Waals surface area contributed by atoms with Crippen LogP contribution in [-0.2, 0) is 21.1 Å². The number of ether oxygens (including phenoxy) is 2.